The van der Waals surface area contributed by atoms with E-state index in [9.17, 15) is 4.39 Å². The van der Waals surface area contributed by atoms with Crippen LogP contribution < -0.4 is 4.74 Å². The third-order valence-electron chi connectivity index (χ3n) is 4.37. The Morgan fingerprint density at radius 1 is 0.808 bits per heavy atom. The summed E-state index contributed by atoms with van der Waals surface area (Å²) in [5, 5.41) is 0.827. The maximum atomic E-state index is 13.3. The van der Waals surface area contributed by atoms with Gasteiger partial charge in [-0.15, -0.1) is 0 Å². The third kappa shape index (κ3) is 3.57. The van der Waals surface area contributed by atoms with Crippen molar-refractivity contribution in [2.45, 2.75) is 6.42 Å². The molecule has 1 heterocycles. The first-order valence-electron chi connectivity index (χ1n) is 8.61. The Balaban J connectivity index is 1.42. The number of halogens is 1. The van der Waals surface area contributed by atoms with Crippen LogP contribution in [0.4, 0.5) is 4.39 Å². The highest BCUT2D eigenvalue weighted by Gasteiger charge is 2.05. The maximum Gasteiger partial charge on any atom is 0.130 e. The second-order valence-electron chi connectivity index (χ2n) is 6.13. The molecule has 0 spiro atoms. The smallest absolute Gasteiger partial charge is 0.130 e. The molecule has 0 aliphatic carbocycles. The molecule has 0 fully saturated rings. The molecule has 1 aromatic heterocycles. The SMILES string of the molecule is Fc1ccc2c(OCCc3ccc(-c4ccccc4)cc3)ccnc2c1. The van der Waals surface area contributed by atoms with E-state index >= 15 is 0 Å². The summed E-state index contributed by atoms with van der Waals surface area (Å²) in [5.41, 5.74) is 4.24. The molecule has 4 aromatic rings. The minimum Gasteiger partial charge on any atom is -0.492 e. The van der Waals surface area contributed by atoms with Crippen molar-refractivity contribution in [1.29, 1.82) is 0 Å². The molecule has 2 nitrogen and oxygen atoms in total. The summed E-state index contributed by atoms with van der Waals surface area (Å²) >= 11 is 0. The van der Waals surface area contributed by atoms with Crippen LogP contribution in [0.3, 0.4) is 0 Å². The highest BCUT2D eigenvalue weighted by atomic mass is 19.1. The number of benzene rings is 3. The first kappa shape index (κ1) is 16.3. The maximum absolute atomic E-state index is 13.3. The van der Waals surface area contributed by atoms with Crippen LogP contribution in [0.2, 0.25) is 0 Å². The van der Waals surface area contributed by atoms with Crippen molar-refractivity contribution in [3.63, 3.8) is 0 Å². The molecule has 3 aromatic carbocycles. The van der Waals surface area contributed by atoms with Gasteiger partial charge in [0.2, 0.25) is 0 Å². The number of nitrogens with zero attached hydrogens (tertiary/aromatic N) is 1. The third-order valence-corrected chi connectivity index (χ3v) is 4.37. The fraction of sp³-hybridized carbons (Fsp3) is 0.0870. The summed E-state index contributed by atoms with van der Waals surface area (Å²) in [6.07, 6.45) is 2.45. The highest BCUT2D eigenvalue weighted by molar-refractivity contribution is 5.84. The van der Waals surface area contributed by atoms with Gasteiger partial charge in [0.25, 0.3) is 0 Å². The molecule has 0 saturated carbocycles. The fourth-order valence-corrected chi connectivity index (χ4v) is 2.99. The van der Waals surface area contributed by atoms with Crippen molar-refractivity contribution < 1.29 is 9.13 Å². The van der Waals surface area contributed by atoms with Gasteiger partial charge in [-0.3, -0.25) is 4.98 Å². The Kier molecular flexibility index (Phi) is 4.61. The minimum absolute atomic E-state index is 0.291. The van der Waals surface area contributed by atoms with E-state index < -0.39 is 0 Å². The van der Waals surface area contributed by atoms with E-state index in [-0.39, 0.29) is 5.82 Å². The predicted octanol–water partition coefficient (Wildman–Crippen LogP) is 5.66. The van der Waals surface area contributed by atoms with Crippen molar-refractivity contribution in [1.82, 2.24) is 4.98 Å². The summed E-state index contributed by atoms with van der Waals surface area (Å²) in [5.74, 6) is 0.441. The Morgan fingerprint density at radius 3 is 2.38 bits per heavy atom. The number of rotatable bonds is 5. The number of hydrogen-bond donors (Lipinski definition) is 0. The number of pyridine rings is 1. The molecule has 0 N–H and O–H groups in total. The van der Waals surface area contributed by atoms with Crippen LogP contribution in [0.5, 0.6) is 5.75 Å². The summed E-state index contributed by atoms with van der Waals surface area (Å²) in [6, 6.07) is 25.2. The Labute approximate surface area is 151 Å². The molecule has 0 radical (unpaired) electrons. The van der Waals surface area contributed by atoms with E-state index in [1.807, 2.05) is 24.3 Å². The molecule has 0 aliphatic heterocycles. The first-order valence-corrected chi connectivity index (χ1v) is 8.61. The zero-order valence-corrected chi connectivity index (χ0v) is 14.2. The van der Waals surface area contributed by atoms with Crippen LogP contribution in [0, 0.1) is 5.82 Å². The highest BCUT2D eigenvalue weighted by Crippen LogP contribution is 2.25. The molecule has 26 heavy (non-hydrogen) atoms. The summed E-state index contributed by atoms with van der Waals surface area (Å²) in [6.45, 7) is 0.557. The second kappa shape index (κ2) is 7.36. The Bertz CT molecular complexity index is 1010. The van der Waals surface area contributed by atoms with Crippen molar-refractivity contribution in [2.75, 3.05) is 6.61 Å². The van der Waals surface area contributed by atoms with Crippen molar-refractivity contribution in [3.8, 4) is 16.9 Å². The molecule has 128 valence electrons. The van der Waals surface area contributed by atoms with Gasteiger partial charge in [0.15, 0.2) is 0 Å². The number of hydrogen-bond acceptors (Lipinski definition) is 2. The quantitative estimate of drug-likeness (QED) is 0.466. The van der Waals surface area contributed by atoms with Gasteiger partial charge < -0.3 is 4.74 Å². The lowest BCUT2D eigenvalue weighted by Crippen LogP contribution is -2.02. The lowest BCUT2D eigenvalue weighted by atomic mass is 10.0. The Hall–Kier alpha value is -3.20. The largest absolute Gasteiger partial charge is 0.492 e. The van der Waals surface area contributed by atoms with E-state index in [0.717, 1.165) is 17.6 Å². The van der Waals surface area contributed by atoms with E-state index in [0.29, 0.717) is 12.1 Å². The summed E-state index contributed by atoms with van der Waals surface area (Å²) in [7, 11) is 0. The van der Waals surface area contributed by atoms with Crippen molar-refractivity contribution in [3.05, 3.63) is 96.4 Å². The van der Waals surface area contributed by atoms with Crippen LogP contribution in [0.25, 0.3) is 22.0 Å². The average Bonchev–Trinajstić information content (AvgIpc) is 2.69. The lowest BCUT2D eigenvalue weighted by molar-refractivity contribution is 0.325. The van der Waals surface area contributed by atoms with E-state index in [4.69, 9.17) is 4.74 Å². The van der Waals surface area contributed by atoms with Crippen LogP contribution in [-0.4, -0.2) is 11.6 Å². The zero-order chi connectivity index (χ0) is 17.8. The molecule has 0 aliphatic rings. The van der Waals surface area contributed by atoms with Gasteiger partial charge in [0.05, 0.1) is 12.1 Å². The van der Waals surface area contributed by atoms with E-state index in [2.05, 4.69) is 41.4 Å². The van der Waals surface area contributed by atoms with Gasteiger partial charge in [0.1, 0.15) is 11.6 Å². The lowest BCUT2D eigenvalue weighted by Gasteiger charge is -2.09. The van der Waals surface area contributed by atoms with Crippen LogP contribution >= 0.6 is 0 Å². The minimum atomic E-state index is -0.291. The van der Waals surface area contributed by atoms with E-state index in [1.165, 1.54) is 28.8 Å². The standard InChI is InChI=1S/C23H18FNO/c24-20-10-11-21-22(16-20)25-14-12-23(21)26-15-13-17-6-8-19(9-7-17)18-4-2-1-3-5-18/h1-12,14,16H,13,15H2. The van der Waals surface area contributed by atoms with Gasteiger partial charge in [-0.05, 0) is 34.9 Å². The van der Waals surface area contributed by atoms with Crippen molar-refractivity contribution in [2.24, 2.45) is 0 Å². The second-order valence-corrected chi connectivity index (χ2v) is 6.13. The van der Waals surface area contributed by atoms with Crippen LogP contribution in [0.1, 0.15) is 5.56 Å². The molecular weight excluding hydrogens is 325 g/mol. The van der Waals surface area contributed by atoms with Gasteiger partial charge in [0, 0.05) is 24.1 Å². The van der Waals surface area contributed by atoms with Gasteiger partial charge in [-0.25, -0.2) is 4.39 Å². The van der Waals surface area contributed by atoms with Gasteiger partial charge in [-0.2, -0.15) is 0 Å². The van der Waals surface area contributed by atoms with Gasteiger partial charge in [-0.1, -0.05) is 54.6 Å². The van der Waals surface area contributed by atoms with Crippen LogP contribution in [0.15, 0.2) is 85.1 Å². The van der Waals surface area contributed by atoms with E-state index in [1.54, 1.807) is 12.3 Å². The zero-order valence-electron chi connectivity index (χ0n) is 14.2. The summed E-state index contributed by atoms with van der Waals surface area (Å²) in [4.78, 5) is 4.19. The number of ether oxygens (including phenoxy) is 1. The topological polar surface area (TPSA) is 22.1 Å². The Morgan fingerprint density at radius 2 is 1.58 bits per heavy atom. The fourth-order valence-electron chi connectivity index (χ4n) is 2.99. The molecule has 0 saturated heterocycles. The molecule has 4 rings (SSSR count). The van der Waals surface area contributed by atoms with Crippen molar-refractivity contribution >= 4 is 10.9 Å². The number of fused-ring (bicyclic) bond motifs is 1. The molecule has 0 unspecified atom stereocenters. The van der Waals surface area contributed by atoms with Crippen LogP contribution in [-0.2, 0) is 6.42 Å². The molecule has 0 bridgehead atoms. The normalized spacial score (nSPS) is 10.8. The average molecular weight is 343 g/mol. The molecule has 0 amide bonds. The molecule has 3 heteroatoms. The predicted molar refractivity (Wildman–Crippen MR) is 103 cm³/mol. The first-order chi connectivity index (χ1) is 12.8. The monoisotopic (exact) mass is 343 g/mol. The molecule has 0 atom stereocenters. The number of aromatic nitrogens is 1. The summed E-state index contributed by atoms with van der Waals surface area (Å²) < 4.78 is 19.2. The van der Waals surface area contributed by atoms with Gasteiger partial charge >= 0.3 is 0 Å². The molecular formula is C23H18FNO.